The van der Waals surface area contributed by atoms with Crippen molar-refractivity contribution in [2.24, 2.45) is 34.0 Å². The van der Waals surface area contributed by atoms with Gasteiger partial charge in [-0.1, -0.05) is 40.5 Å². The number of carboxylic acids is 1. The molecule has 3 amide bonds. The number of nitrogens with two attached hydrogens (primary N) is 3. The van der Waals surface area contributed by atoms with Crippen molar-refractivity contribution in [3.05, 3.63) is 0 Å². The van der Waals surface area contributed by atoms with E-state index < -0.39 is 47.9 Å². The summed E-state index contributed by atoms with van der Waals surface area (Å²) in [6.07, 6.45) is 1.66. The number of carbonyl (C=O) groups excluding carboxylic acids is 3. The zero-order valence-corrected chi connectivity index (χ0v) is 21.3. The first-order valence-electron chi connectivity index (χ1n) is 11.4. The van der Waals surface area contributed by atoms with Crippen molar-refractivity contribution >= 4 is 42.3 Å². The molecule has 0 aromatic heterocycles. The number of carbonyl (C=O) groups is 4. The molecule has 0 radical (unpaired) electrons. The average molecular weight is 504 g/mol. The van der Waals surface area contributed by atoms with E-state index in [1.807, 2.05) is 20.8 Å². The first-order valence-corrected chi connectivity index (χ1v) is 12.1. The quantitative estimate of drug-likeness (QED) is 0.0560. The molecule has 0 spiro atoms. The Labute approximate surface area is 206 Å². The van der Waals surface area contributed by atoms with E-state index in [1.165, 1.54) is 0 Å². The van der Waals surface area contributed by atoms with Crippen LogP contribution < -0.4 is 33.2 Å². The number of nitrogens with one attached hydrogen (secondary N) is 3. The molecule has 0 saturated heterocycles. The number of hydrogen-bond acceptors (Lipinski definition) is 7. The number of amides is 3. The van der Waals surface area contributed by atoms with Crippen LogP contribution in [0.5, 0.6) is 0 Å². The minimum Gasteiger partial charge on any atom is -0.480 e. The summed E-state index contributed by atoms with van der Waals surface area (Å²) in [6, 6.07) is -4.00. The monoisotopic (exact) mass is 503 g/mol. The van der Waals surface area contributed by atoms with Gasteiger partial charge in [-0.15, -0.1) is 0 Å². The molecule has 34 heavy (non-hydrogen) atoms. The van der Waals surface area contributed by atoms with E-state index >= 15 is 0 Å². The summed E-state index contributed by atoms with van der Waals surface area (Å²) >= 11 is 4.14. The molecular weight excluding hydrogens is 462 g/mol. The minimum atomic E-state index is -1.22. The Bertz CT molecular complexity index is 718. The number of rotatable bonds is 16. The zero-order valence-electron chi connectivity index (χ0n) is 20.4. The first-order chi connectivity index (χ1) is 15.9. The number of hydrogen-bond donors (Lipinski definition) is 8. The molecule has 10 N–H and O–H groups in total. The summed E-state index contributed by atoms with van der Waals surface area (Å²) in [5.41, 5.74) is 16.4. The summed E-state index contributed by atoms with van der Waals surface area (Å²) < 4.78 is 0. The van der Waals surface area contributed by atoms with Crippen LogP contribution in [0.25, 0.3) is 0 Å². The van der Waals surface area contributed by atoms with Gasteiger partial charge in [0.15, 0.2) is 5.96 Å². The van der Waals surface area contributed by atoms with Crippen LogP contribution in [-0.4, -0.2) is 71.2 Å². The van der Waals surface area contributed by atoms with Crippen molar-refractivity contribution in [1.82, 2.24) is 16.0 Å². The van der Waals surface area contributed by atoms with Crippen molar-refractivity contribution in [3.8, 4) is 0 Å². The summed E-state index contributed by atoms with van der Waals surface area (Å²) in [7, 11) is 0. The molecule has 12 nitrogen and oxygen atoms in total. The van der Waals surface area contributed by atoms with Crippen LogP contribution in [-0.2, 0) is 19.2 Å². The van der Waals surface area contributed by atoms with Gasteiger partial charge in [0.2, 0.25) is 17.7 Å². The Hall–Kier alpha value is -2.54. The molecule has 13 heteroatoms. The van der Waals surface area contributed by atoms with Gasteiger partial charge in [-0.3, -0.25) is 19.4 Å². The first kappa shape index (κ1) is 31.5. The van der Waals surface area contributed by atoms with Crippen molar-refractivity contribution in [3.63, 3.8) is 0 Å². The molecule has 0 heterocycles. The molecule has 0 aromatic carbocycles. The molecule has 0 fully saturated rings. The van der Waals surface area contributed by atoms with Crippen LogP contribution in [0.3, 0.4) is 0 Å². The third-order valence-electron chi connectivity index (χ3n) is 5.73. The highest BCUT2D eigenvalue weighted by atomic mass is 32.1. The lowest BCUT2D eigenvalue weighted by atomic mass is 9.97. The van der Waals surface area contributed by atoms with E-state index in [0.717, 1.165) is 0 Å². The van der Waals surface area contributed by atoms with E-state index in [0.29, 0.717) is 19.3 Å². The normalized spacial score (nSPS) is 16.2. The van der Waals surface area contributed by atoms with E-state index in [1.54, 1.807) is 6.92 Å². The van der Waals surface area contributed by atoms with Gasteiger partial charge in [0, 0.05) is 12.3 Å². The van der Waals surface area contributed by atoms with Crippen LogP contribution in [0.15, 0.2) is 4.99 Å². The van der Waals surface area contributed by atoms with Crippen LogP contribution in [0.1, 0.15) is 53.4 Å². The van der Waals surface area contributed by atoms with Crippen molar-refractivity contribution in [2.75, 3.05) is 12.3 Å². The van der Waals surface area contributed by atoms with Gasteiger partial charge in [-0.2, -0.15) is 12.6 Å². The third-order valence-corrected chi connectivity index (χ3v) is 6.09. The largest absolute Gasteiger partial charge is 0.480 e. The highest BCUT2D eigenvalue weighted by molar-refractivity contribution is 7.80. The Morgan fingerprint density at radius 3 is 1.94 bits per heavy atom. The summed E-state index contributed by atoms with van der Waals surface area (Å²) in [6.45, 7) is 7.55. The molecule has 6 unspecified atom stereocenters. The van der Waals surface area contributed by atoms with Crippen molar-refractivity contribution in [1.29, 1.82) is 0 Å². The Kier molecular flexibility index (Phi) is 14.9. The number of nitrogens with zero attached hydrogens (tertiary/aromatic N) is 1. The van der Waals surface area contributed by atoms with Crippen LogP contribution in [0.2, 0.25) is 0 Å². The molecule has 0 aliphatic carbocycles. The molecule has 6 atom stereocenters. The van der Waals surface area contributed by atoms with Crippen LogP contribution in [0.4, 0.5) is 0 Å². The second kappa shape index (κ2) is 16.1. The minimum absolute atomic E-state index is 0.0117. The lowest BCUT2D eigenvalue weighted by Gasteiger charge is -2.28. The fourth-order valence-electron chi connectivity index (χ4n) is 2.95. The number of aliphatic carboxylic acids is 1. The smallest absolute Gasteiger partial charge is 0.326 e. The van der Waals surface area contributed by atoms with E-state index in [-0.39, 0.29) is 36.5 Å². The molecule has 0 saturated carbocycles. The van der Waals surface area contributed by atoms with Crippen LogP contribution in [0, 0.1) is 11.8 Å². The number of aliphatic imine (C=N–C) groups is 1. The van der Waals surface area contributed by atoms with Gasteiger partial charge in [-0.25, -0.2) is 4.79 Å². The molecule has 0 bridgehead atoms. The Morgan fingerprint density at radius 2 is 1.47 bits per heavy atom. The van der Waals surface area contributed by atoms with Gasteiger partial charge in [0.05, 0.1) is 6.04 Å². The van der Waals surface area contributed by atoms with E-state index in [2.05, 4.69) is 33.6 Å². The Balaban J connectivity index is 5.32. The predicted molar refractivity (Wildman–Crippen MR) is 134 cm³/mol. The van der Waals surface area contributed by atoms with Gasteiger partial charge >= 0.3 is 5.97 Å². The predicted octanol–water partition coefficient (Wildman–Crippen LogP) is -1.07. The van der Waals surface area contributed by atoms with E-state index in [4.69, 9.17) is 17.2 Å². The second-order valence-corrected chi connectivity index (χ2v) is 8.74. The third kappa shape index (κ3) is 11.1. The zero-order chi connectivity index (χ0) is 26.4. The molecule has 0 aliphatic heterocycles. The standard InChI is InChI=1S/C21H41N7O5S/c1-5-11(3)15(22)18(30)27-14(10-34)17(29)28-16(12(4)6-2)19(31)26-13(20(32)33)8-7-9-25-21(23)24/h11-16,34H,5-10,22H2,1-4H3,(H,26,31)(H,27,30)(H,28,29)(H,32,33)(H4,23,24,25). The molecule has 196 valence electrons. The van der Waals surface area contributed by atoms with E-state index in [9.17, 15) is 24.3 Å². The fourth-order valence-corrected chi connectivity index (χ4v) is 3.21. The summed E-state index contributed by atoms with van der Waals surface area (Å²) in [5.74, 6) is -3.46. The molecule has 0 rings (SSSR count). The number of thiol groups is 1. The van der Waals surface area contributed by atoms with Crippen LogP contribution >= 0.6 is 12.6 Å². The summed E-state index contributed by atoms with van der Waals surface area (Å²) in [4.78, 5) is 53.6. The van der Waals surface area contributed by atoms with Crippen molar-refractivity contribution < 1.29 is 24.3 Å². The maximum absolute atomic E-state index is 12.9. The lowest BCUT2D eigenvalue weighted by Crippen LogP contribution is -2.59. The van der Waals surface area contributed by atoms with Gasteiger partial charge in [-0.05, 0) is 24.7 Å². The maximum atomic E-state index is 12.9. The summed E-state index contributed by atoms with van der Waals surface area (Å²) in [5, 5.41) is 17.2. The number of guanidine groups is 1. The molecule has 0 aliphatic rings. The lowest BCUT2D eigenvalue weighted by molar-refractivity contribution is -0.142. The van der Waals surface area contributed by atoms with Crippen molar-refractivity contribution in [2.45, 2.75) is 77.5 Å². The number of carboxylic acid groups (broad SMARTS) is 1. The SMILES string of the molecule is CCC(C)C(N)C(=O)NC(CS)C(=O)NC(C(=O)NC(CCCN=C(N)N)C(=O)O)C(C)CC. The van der Waals surface area contributed by atoms with Gasteiger partial charge in [0.25, 0.3) is 0 Å². The highest BCUT2D eigenvalue weighted by Crippen LogP contribution is 2.11. The maximum Gasteiger partial charge on any atom is 0.326 e. The van der Waals surface area contributed by atoms with Gasteiger partial charge in [0.1, 0.15) is 18.1 Å². The fraction of sp³-hybridized carbons (Fsp3) is 0.762. The second-order valence-electron chi connectivity index (χ2n) is 8.38. The highest BCUT2D eigenvalue weighted by Gasteiger charge is 2.32. The average Bonchev–Trinajstić information content (AvgIpc) is 2.80. The van der Waals surface area contributed by atoms with Gasteiger partial charge < -0.3 is 38.3 Å². The Morgan fingerprint density at radius 1 is 0.912 bits per heavy atom. The molecule has 0 aromatic rings. The molecular formula is C21H41N7O5S. The topological polar surface area (TPSA) is 215 Å².